The number of nitrogens with one attached hydrogen (secondary N) is 2. The first-order valence-corrected chi connectivity index (χ1v) is 12.2. The number of rotatable bonds is 6. The summed E-state index contributed by atoms with van der Waals surface area (Å²) in [4.78, 5) is 40.3. The minimum atomic E-state index is -2.30. The van der Waals surface area contributed by atoms with Crippen LogP contribution in [0, 0.1) is 5.82 Å². The van der Waals surface area contributed by atoms with E-state index in [0.717, 1.165) is 23.6 Å². The third kappa shape index (κ3) is 4.99. The highest BCUT2D eigenvalue weighted by Gasteiger charge is 2.39. The molecule has 2 fully saturated rings. The number of anilines is 1. The lowest BCUT2D eigenvalue weighted by Gasteiger charge is -2.35. The summed E-state index contributed by atoms with van der Waals surface area (Å²) in [5.41, 5.74) is 1.84. The Morgan fingerprint density at radius 3 is 2.67 bits per heavy atom. The second-order valence-corrected chi connectivity index (χ2v) is 9.71. The lowest BCUT2D eigenvalue weighted by molar-refractivity contribution is -0.136. The first-order chi connectivity index (χ1) is 18.0. The number of carbonyl (C=O) groups is 3. The standard InChI is InChI=1S/C27H31FN4O4/c1-16-12-31(13-17(2)36-16)14-18-6-7-19(22(28)10-18)11-29-23-5-3-4-20-21(23)15-32(27(20)35)24-8-9-25(33)30-26(24)34/h3-7,10,16-17,24,29H,8-9,11-15H2,1-2H3,(H,30,33,34)/i15D2. The first kappa shape index (κ1) is 21.9. The van der Waals surface area contributed by atoms with Crippen LogP contribution in [0.3, 0.4) is 0 Å². The van der Waals surface area contributed by atoms with E-state index in [1.807, 2.05) is 19.9 Å². The number of nitrogens with zero attached hydrogens (tertiary/aromatic N) is 2. The van der Waals surface area contributed by atoms with Crippen molar-refractivity contribution in [1.29, 1.82) is 0 Å². The minimum absolute atomic E-state index is 0.0244. The normalized spacial score (nSPS) is 26.8. The van der Waals surface area contributed by atoms with Gasteiger partial charge in [-0.15, -0.1) is 0 Å². The molecule has 0 aromatic heterocycles. The van der Waals surface area contributed by atoms with Crippen LogP contribution >= 0.6 is 0 Å². The van der Waals surface area contributed by atoms with E-state index in [1.165, 1.54) is 12.1 Å². The van der Waals surface area contributed by atoms with Gasteiger partial charge in [-0.2, -0.15) is 0 Å². The van der Waals surface area contributed by atoms with Gasteiger partial charge >= 0.3 is 0 Å². The van der Waals surface area contributed by atoms with Gasteiger partial charge in [0.1, 0.15) is 11.9 Å². The summed E-state index contributed by atoms with van der Waals surface area (Å²) < 4.78 is 38.3. The number of ether oxygens (including phenoxy) is 1. The Hall–Kier alpha value is -3.30. The molecule has 0 saturated carbocycles. The molecule has 0 radical (unpaired) electrons. The maximum absolute atomic E-state index is 15.0. The van der Waals surface area contributed by atoms with Crippen molar-refractivity contribution in [3.05, 3.63) is 64.5 Å². The number of carbonyl (C=O) groups excluding carboxylic acids is 3. The number of fused-ring (bicyclic) bond motifs is 1. The van der Waals surface area contributed by atoms with E-state index >= 15 is 4.39 Å². The summed E-state index contributed by atoms with van der Waals surface area (Å²) >= 11 is 0. The number of benzene rings is 2. The zero-order chi connectivity index (χ0) is 27.2. The molecule has 3 amide bonds. The van der Waals surface area contributed by atoms with Crippen LogP contribution in [0.2, 0.25) is 0 Å². The summed E-state index contributed by atoms with van der Waals surface area (Å²) in [7, 11) is 0. The van der Waals surface area contributed by atoms with Gasteiger partial charge < -0.3 is 15.0 Å². The van der Waals surface area contributed by atoms with Crippen LogP contribution in [0.4, 0.5) is 10.1 Å². The van der Waals surface area contributed by atoms with Crippen molar-refractivity contribution < 1.29 is 26.3 Å². The molecule has 0 aliphatic carbocycles. The quantitative estimate of drug-likeness (QED) is 0.598. The highest BCUT2D eigenvalue weighted by molar-refractivity contribution is 6.06. The lowest BCUT2D eigenvalue weighted by atomic mass is 10.0. The number of imide groups is 1. The molecule has 0 spiro atoms. The highest BCUT2D eigenvalue weighted by Crippen LogP contribution is 2.32. The van der Waals surface area contributed by atoms with Gasteiger partial charge in [0.05, 0.1) is 14.9 Å². The molecule has 3 atom stereocenters. The largest absolute Gasteiger partial charge is 0.381 e. The minimum Gasteiger partial charge on any atom is -0.381 e. The Morgan fingerprint density at radius 2 is 1.94 bits per heavy atom. The zero-order valence-electron chi connectivity index (χ0n) is 22.3. The summed E-state index contributed by atoms with van der Waals surface area (Å²) in [6.07, 6.45) is 0.320. The Balaban J connectivity index is 1.32. The number of morpholine rings is 1. The molecule has 3 heterocycles. The molecule has 5 rings (SSSR count). The van der Waals surface area contributed by atoms with E-state index in [2.05, 4.69) is 15.5 Å². The van der Waals surface area contributed by atoms with Crippen LogP contribution in [0.1, 0.15) is 56.5 Å². The van der Waals surface area contributed by atoms with Gasteiger partial charge in [-0.05, 0) is 44.0 Å². The smallest absolute Gasteiger partial charge is 0.255 e. The number of amides is 3. The van der Waals surface area contributed by atoms with Gasteiger partial charge in [0.25, 0.3) is 5.91 Å². The van der Waals surface area contributed by atoms with Crippen molar-refractivity contribution in [2.45, 2.75) is 64.5 Å². The van der Waals surface area contributed by atoms with Crippen LogP contribution in [-0.2, 0) is 33.9 Å². The Morgan fingerprint density at radius 1 is 1.17 bits per heavy atom. The van der Waals surface area contributed by atoms with Gasteiger partial charge in [0.15, 0.2) is 0 Å². The van der Waals surface area contributed by atoms with Crippen LogP contribution in [-0.4, -0.2) is 58.9 Å². The fourth-order valence-corrected chi connectivity index (χ4v) is 5.14. The molecule has 2 aromatic rings. The fraction of sp³-hybridized carbons (Fsp3) is 0.444. The molecule has 3 unspecified atom stereocenters. The van der Waals surface area contributed by atoms with Gasteiger partial charge in [-0.1, -0.05) is 18.2 Å². The van der Waals surface area contributed by atoms with Gasteiger partial charge in [-0.3, -0.25) is 24.6 Å². The molecular weight excluding hydrogens is 463 g/mol. The van der Waals surface area contributed by atoms with E-state index in [0.29, 0.717) is 17.8 Å². The number of piperidine rings is 1. The van der Waals surface area contributed by atoms with E-state index in [1.54, 1.807) is 18.2 Å². The molecule has 9 heteroatoms. The van der Waals surface area contributed by atoms with Gasteiger partial charge in [0.2, 0.25) is 11.8 Å². The van der Waals surface area contributed by atoms with E-state index in [4.69, 9.17) is 7.48 Å². The van der Waals surface area contributed by atoms with Crippen molar-refractivity contribution in [1.82, 2.24) is 15.1 Å². The van der Waals surface area contributed by atoms with E-state index < -0.39 is 30.3 Å². The molecule has 8 nitrogen and oxygen atoms in total. The topological polar surface area (TPSA) is 91.0 Å². The fourth-order valence-electron chi connectivity index (χ4n) is 5.14. The number of hydrogen-bond donors (Lipinski definition) is 2. The molecule has 2 aromatic carbocycles. The Kier molecular flexibility index (Phi) is 6.09. The van der Waals surface area contributed by atoms with E-state index in [-0.39, 0.29) is 48.5 Å². The Bertz CT molecular complexity index is 1280. The predicted octanol–water partition coefficient (Wildman–Crippen LogP) is 2.81. The zero-order valence-corrected chi connectivity index (χ0v) is 20.3. The first-order valence-electron chi connectivity index (χ1n) is 13.2. The molecule has 2 N–H and O–H groups in total. The van der Waals surface area contributed by atoms with Crippen molar-refractivity contribution in [2.75, 3.05) is 18.4 Å². The monoisotopic (exact) mass is 496 g/mol. The number of halogens is 1. The highest BCUT2D eigenvalue weighted by atomic mass is 19.1. The van der Waals surface area contributed by atoms with Gasteiger partial charge in [0, 0.05) is 61.5 Å². The van der Waals surface area contributed by atoms with Crippen LogP contribution in [0.25, 0.3) is 0 Å². The molecule has 190 valence electrons. The van der Waals surface area contributed by atoms with Crippen LogP contribution < -0.4 is 10.6 Å². The molecular formula is C27H31FN4O4. The average Bonchev–Trinajstić information content (AvgIpc) is 3.04. The molecule has 3 aliphatic rings. The third-order valence-corrected chi connectivity index (χ3v) is 6.76. The predicted molar refractivity (Wildman–Crippen MR) is 131 cm³/mol. The summed E-state index contributed by atoms with van der Waals surface area (Å²) in [6, 6.07) is 8.77. The van der Waals surface area contributed by atoms with Crippen molar-refractivity contribution >= 4 is 23.4 Å². The maximum Gasteiger partial charge on any atom is 0.255 e. The molecule has 0 bridgehead atoms. The summed E-state index contributed by atoms with van der Waals surface area (Å²) in [6.45, 7) is 4.02. The number of hydrogen-bond acceptors (Lipinski definition) is 6. The second kappa shape index (κ2) is 9.99. The molecule has 2 saturated heterocycles. The average molecular weight is 497 g/mol. The van der Waals surface area contributed by atoms with Crippen LogP contribution in [0.5, 0.6) is 0 Å². The second-order valence-electron chi connectivity index (χ2n) is 9.71. The SMILES string of the molecule is [2H]C1([2H])c2c(NCc3ccc(CN4CC(C)OC(C)C4)cc3F)cccc2C(=O)N1C1CCC(=O)NC1=O. The maximum atomic E-state index is 15.0. The summed E-state index contributed by atoms with van der Waals surface area (Å²) in [5.74, 6) is -2.13. The molecule has 3 aliphatic heterocycles. The van der Waals surface area contributed by atoms with Crippen LogP contribution in [0.15, 0.2) is 36.4 Å². The lowest BCUT2D eigenvalue weighted by Crippen LogP contribution is -2.52. The summed E-state index contributed by atoms with van der Waals surface area (Å²) in [5, 5.41) is 5.28. The third-order valence-electron chi connectivity index (χ3n) is 6.76. The van der Waals surface area contributed by atoms with Crippen molar-refractivity contribution in [2.24, 2.45) is 0 Å². The van der Waals surface area contributed by atoms with Crippen molar-refractivity contribution in [3.63, 3.8) is 0 Å². The Labute approximate surface area is 212 Å². The molecule has 36 heavy (non-hydrogen) atoms. The van der Waals surface area contributed by atoms with E-state index in [9.17, 15) is 14.4 Å². The van der Waals surface area contributed by atoms with Gasteiger partial charge in [-0.25, -0.2) is 4.39 Å². The van der Waals surface area contributed by atoms with Crippen molar-refractivity contribution in [3.8, 4) is 0 Å².